The molecule has 2 heterocycles. The maximum atomic E-state index is 12.6. The van der Waals surface area contributed by atoms with Crippen molar-refractivity contribution >= 4 is 18.3 Å². The van der Waals surface area contributed by atoms with E-state index in [1.54, 1.807) is 7.11 Å². The van der Waals surface area contributed by atoms with Crippen molar-refractivity contribution in [1.29, 1.82) is 0 Å². The second-order valence-electron chi connectivity index (χ2n) is 5.90. The van der Waals surface area contributed by atoms with Crippen molar-refractivity contribution in [2.24, 2.45) is 11.8 Å². The molecule has 1 aromatic rings. The minimum Gasteiger partial charge on any atom is -0.496 e. The zero-order valence-electron chi connectivity index (χ0n) is 12.6. The molecule has 0 radical (unpaired) electrons. The summed E-state index contributed by atoms with van der Waals surface area (Å²) < 4.78 is 5.31. The highest BCUT2D eigenvalue weighted by atomic mass is 35.5. The molecule has 2 saturated heterocycles. The van der Waals surface area contributed by atoms with E-state index in [1.165, 1.54) is 0 Å². The van der Waals surface area contributed by atoms with Crippen LogP contribution in [0.1, 0.15) is 22.3 Å². The van der Waals surface area contributed by atoms with E-state index < -0.39 is 0 Å². The van der Waals surface area contributed by atoms with Gasteiger partial charge >= 0.3 is 0 Å². The number of piperidine rings is 1. The maximum absolute atomic E-state index is 12.6. The molecule has 2 unspecified atom stereocenters. The number of rotatable bonds is 2. The third-order valence-electron chi connectivity index (χ3n) is 4.65. The molecule has 3 rings (SSSR count). The lowest BCUT2D eigenvalue weighted by Crippen LogP contribution is -2.43. The van der Waals surface area contributed by atoms with Crippen LogP contribution in [-0.4, -0.2) is 44.1 Å². The summed E-state index contributed by atoms with van der Waals surface area (Å²) in [6.45, 7) is 5.91. The number of amides is 1. The Balaban J connectivity index is 0.00000161. The van der Waals surface area contributed by atoms with E-state index in [-0.39, 0.29) is 18.3 Å². The van der Waals surface area contributed by atoms with E-state index >= 15 is 0 Å². The van der Waals surface area contributed by atoms with E-state index in [4.69, 9.17) is 4.74 Å². The van der Waals surface area contributed by atoms with Gasteiger partial charge in [0.25, 0.3) is 5.91 Å². The Hall–Kier alpha value is -1.26. The van der Waals surface area contributed by atoms with Gasteiger partial charge in [0.15, 0.2) is 0 Å². The first kappa shape index (κ1) is 16.1. The van der Waals surface area contributed by atoms with Crippen LogP contribution >= 0.6 is 12.4 Å². The summed E-state index contributed by atoms with van der Waals surface area (Å²) in [4.78, 5) is 14.6. The molecule has 1 N–H and O–H groups in total. The first-order valence-electron chi connectivity index (χ1n) is 7.33. The van der Waals surface area contributed by atoms with Gasteiger partial charge in [-0.05, 0) is 56.0 Å². The standard InChI is InChI=1S/C16H22N2O2.ClH/c1-11-3-4-12(7-15(11)20-2)16(19)18-6-5-13-8-17-9-14(13)10-18;/h3-4,7,13-14,17H,5-6,8-10H2,1-2H3;1H. The van der Waals surface area contributed by atoms with Crippen LogP contribution in [-0.2, 0) is 0 Å². The molecule has 5 heteroatoms. The molecule has 0 aliphatic carbocycles. The molecule has 2 aliphatic heterocycles. The molecule has 2 aliphatic rings. The van der Waals surface area contributed by atoms with Gasteiger partial charge in [-0.2, -0.15) is 0 Å². The minimum absolute atomic E-state index is 0. The lowest BCUT2D eigenvalue weighted by Gasteiger charge is -2.34. The summed E-state index contributed by atoms with van der Waals surface area (Å²) in [7, 11) is 1.65. The second kappa shape index (κ2) is 6.67. The fourth-order valence-electron chi connectivity index (χ4n) is 3.35. The van der Waals surface area contributed by atoms with Crippen molar-refractivity contribution in [2.75, 3.05) is 33.3 Å². The Bertz CT molecular complexity index is 521. The van der Waals surface area contributed by atoms with E-state index in [0.29, 0.717) is 5.92 Å². The minimum atomic E-state index is 0. The van der Waals surface area contributed by atoms with Crippen LogP contribution in [0.4, 0.5) is 0 Å². The molecule has 2 atom stereocenters. The summed E-state index contributed by atoms with van der Waals surface area (Å²) in [6.07, 6.45) is 1.12. The molecule has 1 amide bonds. The Morgan fingerprint density at radius 2 is 2.10 bits per heavy atom. The van der Waals surface area contributed by atoms with Gasteiger partial charge in [-0.3, -0.25) is 4.79 Å². The number of halogens is 1. The highest BCUT2D eigenvalue weighted by Crippen LogP contribution is 2.28. The molecule has 21 heavy (non-hydrogen) atoms. The largest absolute Gasteiger partial charge is 0.496 e. The van der Waals surface area contributed by atoms with Crippen molar-refractivity contribution in [1.82, 2.24) is 10.2 Å². The van der Waals surface area contributed by atoms with Crippen LogP contribution in [0.3, 0.4) is 0 Å². The summed E-state index contributed by atoms with van der Waals surface area (Å²) in [5.74, 6) is 2.30. The molecule has 0 aromatic heterocycles. The van der Waals surface area contributed by atoms with E-state index in [1.807, 2.05) is 30.0 Å². The highest BCUT2D eigenvalue weighted by molar-refractivity contribution is 5.94. The number of aryl methyl sites for hydroxylation is 1. The van der Waals surface area contributed by atoms with Gasteiger partial charge in [-0.25, -0.2) is 0 Å². The van der Waals surface area contributed by atoms with E-state index in [0.717, 1.165) is 55.4 Å². The van der Waals surface area contributed by atoms with Gasteiger partial charge in [0.1, 0.15) is 5.75 Å². The molecule has 2 fully saturated rings. The Morgan fingerprint density at radius 3 is 2.86 bits per heavy atom. The monoisotopic (exact) mass is 310 g/mol. The Labute approximate surface area is 132 Å². The Kier molecular flexibility index (Phi) is 5.12. The van der Waals surface area contributed by atoms with Crippen molar-refractivity contribution in [3.8, 4) is 5.75 Å². The fourth-order valence-corrected chi connectivity index (χ4v) is 3.35. The predicted molar refractivity (Wildman–Crippen MR) is 85.3 cm³/mol. The lowest BCUT2D eigenvalue weighted by molar-refractivity contribution is 0.0642. The first-order chi connectivity index (χ1) is 9.69. The quantitative estimate of drug-likeness (QED) is 0.909. The summed E-state index contributed by atoms with van der Waals surface area (Å²) >= 11 is 0. The molecule has 1 aromatic carbocycles. The average Bonchev–Trinajstić information content (AvgIpc) is 2.94. The van der Waals surface area contributed by atoms with Crippen molar-refractivity contribution in [3.63, 3.8) is 0 Å². The molecule has 0 bridgehead atoms. The van der Waals surface area contributed by atoms with Gasteiger partial charge in [0, 0.05) is 18.7 Å². The van der Waals surface area contributed by atoms with Gasteiger partial charge in [0.05, 0.1) is 7.11 Å². The third-order valence-corrected chi connectivity index (χ3v) is 4.65. The lowest BCUT2D eigenvalue weighted by atomic mass is 9.88. The number of likely N-dealkylation sites (tertiary alicyclic amines) is 1. The molecular weight excluding hydrogens is 288 g/mol. The smallest absolute Gasteiger partial charge is 0.253 e. The number of nitrogens with zero attached hydrogens (tertiary/aromatic N) is 1. The third kappa shape index (κ3) is 3.16. The number of ether oxygens (including phenoxy) is 1. The van der Waals surface area contributed by atoms with E-state index in [2.05, 4.69) is 5.32 Å². The normalized spacial score (nSPS) is 24.2. The van der Waals surface area contributed by atoms with E-state index in [9.17, 15) is 4.79 Å². The number of hydrogen-bond acceptors (Lipinski definition) is 3. The van der Waals surface area contributed by atoms with Crippen LogP contribution in [0.25, 0.3) is 0 Å². The number of fused-ring (bicyclic) bond motifs is 1. The number of benzene rings is 1. The second-order valence-corrected chi connectivity index (χ2v) is 5.90. The van der Waals surface area contributed by atoms with Crippen molar-refractivity contribution in [2.45, 2.75) is 13.3 Å². The molecule has 4 nitrogen and oxygen atoms in total. The van der Waals surface area contributed by atoms with Gasteiger partial charge < -0.3 is 15.0 Å². The van der Waals surface area contributed by atoms with Gasteiger partial charge in [0.2, 0.25) is 0 Å². The van der Waals surface area contributed by atoms with Crippen LogP contribution in [0.5, 0.6) is 5.75 Å². The molecule has 0 spiro atoms. The van der Waals surface area contributed by atoms with Gasteiger partial charge in [-0.1, -0.05) is 6.07 Å². The highest BCUT2D eigenvalue weighted by Gasteiger charge is 2.34. The maximum Gasteiger partial charge on any atom is 0.253 e. The summed E-state index contributed by atoms with van der Waals surface area (Å²) in [5, 5.41) is 3.43. The number of methoxy groups -OCH3 is 1. The SMILES string of the molecule is COc1cc(C(=O)N2CCC3CNCC3C2)ccc1C.Cl. The van der Waals surface area contributed by atoms with Crippen molar-refractivity contribution in [3.05, 3.63) is 29.3 Å². The Morgan fingerprint density at radius 1 is 1.33 bits per heavy atom. The van der Waals surface area contributed by atoms with Crippen LogP contribution in [0, 0.1) is 18.8 Å². The summed E-state index contributed by atoms with van der Waals surface area (Å²) in [5.41, 5.74) is 1.79. The van der Waals surface area contributed by atoms with Gasteiger partial charge in [-0.15, -0.1) is 12.4 Å². The molecular formula is C16H23ClN2O2. The average molecular weight is 311 g/mol. The molecule has 0 saturated carbocycles. The summed E-state index contributed by atoms with van der Waals surface area (Å²) in [6, 6.07) is 5.71. The topological polar surface area (TPSA) is 41.6 Å². The first-order valence-corrected chi connectivity index (χ1v) is 7.33. The fraction of sp³-hybridized carbons (Fsp3) is 0.562. The molecule has 116 valence electrons. The van der Waals surface area contributed by atoms with Crippen molar-refractivity contribution < 1.29 is 9.53 Å². The zero-order chi connectivity index (χ0) is 14.1. The van der Waals surface area contributed by atoms with Crippen LogP contribution in [0.15, 0.2) is 18.2 Å². The number of hydrogen-bond donors (Lipinski definition) is 1. The van der Waals surface area contributed by atoms with Crippen LogP contribution < -0.4 is 10.1 Å². The number of nitrogens with one attached hydrogen (secondary N) is 1. The van der Waals surface area contributed by atoms with Crippen LogP contribution in [0.2, 0.25) is 0 Å². The predicted octanol–water partition coefficient (Wildman–Crippen LogP) is 2.11. The number of carbonyl (C=O) groups is 1. The zero-order valence-corrected chi connectivity index (χ0v) is 13.4. The number of carbonyl (C=O) groups excluding carboxylic acids is 1.